The van der Waals surface area contributed by atoms with Gasteiger partial charge in [0.1, 0.15) is 5.82 Å². The molecule has 2 rings (SSSR count). The number of aryl methyl sites for hydroxylation is 1. The first-order valence-corrected chi connectivity index (χ1v) is 5.34. The number of anilines is 1. The second kappa shape index (κ2) is 4.94. The molecule has 0 bridgehead atoms. The van der Waals surface area contributed by atoms with Crippen molar-refractivity contribution < 1.29 is 0 Å². The summed E-state index contributed by atoms with van der Waals surface area (Å²) < 4.78 is 1.93. The summed E-state index contributed by atoms with van der Waals surface area (Å²) in [5.41, 5.74) is 10.6. The summed E-state index contributed by atoms with van der Waals surface area (Å²) in [4.78, 5) is 8.13. The number of aromatic nitrogens is 3. The molecule has 6 heteroatoms. The highest BCUT2D eigenvalue weighted by molar-refractivity contribution is 5.39. The van der Waals surface area contributed by atoms with E-state index in [0.29, 0.717) is 12.2 Å². The molecule has 1 atom stereocenters. The van der Waals surface area contributed by atoms with Crippen LogP contribution in [0.3, 0.4) is 0 Å². The van der Waals surface area contributed by atoms with Crippen LogP contribution >= 0.6 is 0 Å². The first-order chi connectivity index (χ1) is 8.22. The van der Waals surface area contributed by atoms with Gasteiger partial charge in [-0.05, 0) is 18.1 Å². The Balaban J connectivity index is 2.22. The van der Waals surface area contributed by atoms with E-state index < -0.39 is 0 Å². The van der Waals surface area contributed by atoms with Gasteiger partial charge >= 0.3 is 0 Å². The Morgan fingerprint density at radius 1 is 1.53 bits per heavy atom. The van der Waals surface area contributed by atoms with Crippen molar-refractivity contribution >= 4 is 5.82 Å². The number of hydrogen-bond acceptors (Lipinski definition) is 5. The maximum Gasteiger partial charge on any atom is 0.126 e. The van der Waals surface area contributed by atoms with Crippen molar-refractivity contribution in [3.63, 3.8) is 0 Å². The molecule has 0 radical (unpaired) electrons. The minimum absolute atomic E-state index is 0.0333. The van der Waals surface area contributed by atoms with Gasteiger partial charge < -0.3 is 10.3 Å². The number of nitrogens with one attached hydrogen (secondary N) is 1. The van der Waals surface area contributed by atoms with Crippen LogP contribution in [0.1, 0.15) is 17.3 Å². The SMILES string of the molecule is Cn1cncc1C(Cc1cccnc1N)NN. The van der Waals surface area contributed by atoms with Crippen LogP contribution in [0.5, 0.6) is 0 Å². The predicted molar refractivity (Wildman–Crippen MR) is 65.6 cm³/mol. The minimum atomic E-state index is -0.0333. The lowest BCUT2D eigenvalue weighted by molar-refractivity contribution is 0.522. The van der Waals surface area contributed by atoms with Gasteiger partial charge in [0.25, 0.3) is 0 Å². The second-order valence-electron chi connectivity index (χ2n) is 3.90. The summed E-state index contributed by atoms with van der Waals surface area (Å²) in [5.74, 6) is 6.12. The number of nitrogens with two attached hydrogens (primary N) is 2. The zero-order valence-electron chi connectivity index (χ0n) is 9.67. The fourth-order valence-corrected chi connectivity index (χ4v) is 1.80. The van der Waals surface area contributed by atoms with Crippen LogP contribution < -0.4 is 17.0 Å². The van der Waals surface area contributed by atoms with E-state index in [0.717, 1.165) is 11.3 Å². The molecule has 0 aliphatic rings. The zero-order chi connectivity index (χ0) is 12.3. The molecule has 0 aromatic carbocycles. The molecule has 2 aromatic rings. The number of nitrogens with zero attached hydrogens (tertiary/aromatic N) is 3. The summed E-state index contributed by atoms with van der Waals surface area (Å²) in [6.07, 6.45) is 5.88. The number of pyridine rings is 1. The van der Waals surface area contributed by atoms with Gasteiger partial charge in [0.2, 0.25) is 0 Å². The molecule has 2 aromatic heterocycles. The van der Waals surface area contributed by atoms with Crippen molar-refractivity contribution in [2.45, 2.75) is 12.5 Å². The topological polar surface area (TPSA) is 94.8 Å². The summed E-state index contributed by atoms with van der Waals surface area (Å²) in [6, 6.07) is 3.78. The molecule has 1 unspecified atom stereocenters. The van der Waals surface area contributed by atoms with Crippen LogP contribution in [0.25, 0.3) is 0 Å². The van der Waals surface area contributed by atoms with Gasteiger partial charge in [-0.25, -0.2) is 9.97 Å². The average molecular weight is 232 g/mol. The number of hydrogen-bond donors (Lipinski definition) is 3. The lowest BCUT2D eigenvalue weighted by atomic mass is 10.0. The third kappa shape index (κ3) is 2.43. The van der Waals surface area contributed by atoms with Crippen LogP contribution in [-0.2, 0) is 13.5 Å². The van der Waals surface area contributed by atoms with Gasteiger partial charge in [-0.15, -0.1) is 0 Å². The molecule has 0 spiro atoms. The normalized spacial score (nSPS) is 12.6. The van der Waals surface area contributed by atoms with Crippen molar-refractivity contribution in [1.29, 1.82) is 0 Å². The van der Waals surface area contributed by atoms with E-state index in [4.69, 9.17) is 11.6 Å². The predicted octanol–water partition coefficient (Wildman–Crippen LogP) is 0.144. The Morgan fingerprint density at radius 2 is 2.35 bits per heavy atom. The smallest absolute Gasteiger partial charge is 0.126 e. The van der Waals surface area contributed by atoms with E-state index in [1.54, 1.807) is 18.7 Å². The zero-order valence-corrected chi connectivity index (χ0v) is 9.67. The van der Waals surface area contributed by atoms with Crippen LogP contribution in [0.2, 0.25) is 0 Å². The lowest BCUT2D eigenvalue weighted by Gasteiger charge is -2.17. The monoisotopic (exact) mass is 232 g/mol. The summed E-state index contributed by atoms with van der Waals surface area (Å²) in [6.45, 7) is 0. The van der Waals surface area contributed by atoms with Crippen LogP contribution in [0.4, 0.5) is 5.82 Å². The average Bonchev–Trinajstić information content (AvgIpc) is 2.75. The molecule has 0 saturated heterocycles. The highest BCUT2D eigenvalue weighted by Crippen LogP contribution is 2.19. The Morgan fingerprint density at radius 3 is 2.94 bits per heavy atom. The third-order valence-corrected chi connectivity index (χ3v) is 2.76. The van der Waals surface area contributed by atoms with E-state index in [2.05, 4.69) is 15.4 Å². The van der Waals surface area contributed by atoms with Crippen LogP contribution in [0.15, 0.2) is 30.9 Å². The van der Waals surface area contributed by atoms with Gasteiger partial charge in [-0.1, -0.05) is 6.07 Å². The molecule has 0 aliphatic carbocycles. The van der Waals surface area contributed by atoms with Gasteiger partial charge in [-0.3, -0.25) is 11.3 Å². The van der Waals surface area contributed by atoms with E-state index >= 15 is 0 Å². The Bertz CT molecular complexity index is 492. The quantitative estimate of drug-likeness (QED) is 0.515. The van der Waals surface area contributed by atoms with Gasteiger partial charge in [0.05, 0.1) is 18.1 Å². The van der Waals surface area contributed by atoms with Crippen molar-refractivity contribution in [3.05, 3.63) is 42.1 Å². The molecular formula is C11H16N6. The highest BCUT2D eigenvalue weighted by atomic mass is 15.2. The molecule has 0 amide bonds. The van der Waals surface area contributed by atoms with E-state index in [1.807, 2.05) is 23.7 Å². The van der Waals surface area contributed by atoms with E-state index in [-0.39, 0.29) is 6.04 Å². The van der Waals surface area contributed by atoms with E-state index in [9.17, 15) is 0 Å². The van der Waals surface area contributed by atoms with Crippen molar-refractivity contribution in [3.8, 4) is 0 Å². The largest absolute Gasteiger partial charge is 0.383 e. The number of hydrazine groups is 1. The number of imidazole rings is 1. The maximum absolute atomic E-state index is 5.81. The minimum Gasteiger partial charge on any atom is -0.383 e. The Hall–Kier alpha value is -1.92. The Labute approximate surface area is 99.6 Å². The molecule has 5 N–H and O–H groups in total. The molecule has 90 valence electrons. The molecule has 17 heavy (non-hydrogen) atoms. The molecule has 2 heterocycles. The van der Waals surface area contributed by atoms with Gasteiger partial charge in [0, 0.05) is 19.4 Å². The molecule has 0 fully saturated rings. The van der Waals surface area contributed by atoms with Crippen LogP contribution in [0, 0.1) is 0 Å². The maximum atomic E-state index is 5.81. The molecular weight excluding hydrogens is 216 g/mol. The first-order valence-electron chi connectivity index (χ1n) is 5.34. The highest BCUT2D eigenvalue weighted by Gasteiger charge is 2.15. The standard InChI is InChI=1S/C11H16N6/c1-17-7-14-6-10(17)9(16-13)5-8-3-2-4-15-11(8)12/h2-4,6-7,9,16H,5,13H2,1H3,(H2,12,15). The summed E-state index contributed by atoms with van der Waals surface area (Å²) >= 11 is 0. The lowest BCUT2D eigenvalue weighted by Crippen LogP contribution is -2.31. The van der Waals surface area contributed by atoms with Crippen molar-refractivity contribution in [2.24, 2.45) is 12.9 Å². The first kappa shape index (κ1) is 11.6. The van der Waals surface area contributed by atoms with Crippen LogP contribution in [-0.4, -0.2) is 14.5 Å². The number of rotatable bonds is 4. The summed E-state index contributed by atoms with van der Waals surface area (Å²) in [7, 11) is 1.93. The molecule has 6 nitrogen and oxygen atoms in total. The van der Waals surface area contributed by atoms with E-state index in [1.165, 1.54) is 0 Å². The molecule has 0 aliphatic heterocycles. The second-order valence-corrected chi connectivity index (χ2v) is 3.90. The summed E-state index contributed by atoms with van der Waals surface area (Å²) in [5, 5.41) is 0. The number of nitrogen functional groups attached to an aromatic ring is 1. The van der Waals surface area contributed by atoms with Gasteiger partial charge in [0.15, 0.2) is 0 Å². The van der Waals surface area contributed by atoms with Crippen molar-refractivity contribution in [1.82, 2.24) is 20.0 Å². The molecule has 0 saturated carbocycles. The fraction of sp³-hybridized carbons (Fsp3) is 0.273. The van der Waals surface area contributed by atoms with Crippen molar-refractivity contribution in [2.75, 3.05) is 5.73 Å². The Kier molecular flexibility index (Phi) is 3.36. The fourth-order valence-electron chi connectivity index (χ4n) is 1.80. The third-order valence-electron chi connectivity index (χ3n) is 2.76. The van der Waals surface area contributed by atoms with Gasteiger partial charge in [-0.2, -0.15) is 0 Å².